The lowest BCUT2D eigenvalue weighted by molar-refractivity contribution is -0.129. The summed E-state index contributed by atoms with van der Waals surface area (Å²) in [6.45, 7) is 0. The Bertz CT molecular complexity index is 1830. The van der Waals surface area contributed by atoms with Crippen LogP contribution in [0.4, 0.5) is 14.6 Å². The van der Waals surface area contributed by atoms with Gasteiger partial charge in [-0.1, -0.05) is 12.1 Å². The maximum absolute atomic E-state index is 13.8. The van der Waals surface area contributed by atoms with Gasteiger partial charge in [-0.05, 0) is 54.5 Å². The third kappa shape index (κ3) is 3.92. The molecule has 1 amide bonds. The number of nitrogens with zero attached hydrogens (tertiary/aromatic N) is 5. The minimum atomic E-state index is -1.36. The summed E-state index contributed by atoms with van der Waals surface area (Å²) in [6.07, 6.45) is 2.77. The first-order chi connectivity index (χ1) is 19.8. The first kappa shape index (κ1) is 25.1. The van der Waals surface area contributed by atoms with Gasteiger partial charge >= 0.3 is 0 Å². The molecule has 4 aromatic rings. The number of pyridine rings is 1. The number of carbonyl (C=O) groups is 1. The van der Waals surface area contributed by atoms with E-state index in [0.717, 1.165) is 6.07 Å². The molecule has 10 nitrogen and oxygen atoms in total. The third-order valence-corrected chi connectivity index (χ3v) is 8.10. The molecular weight excluding hydrogens is 532 g/mol. The summed E-state index contributed by atoms with van der Waals surface area (Å²) in [5.41, 5.74) is 1.12. The number of anilines is 1. The predicted molar refractivity (Wildman–Crippen MR) is 143 cm³/mol. The second-order valence-corrected chi connectivity index (χ2v) is 10.5. The Morgan fingerprint density at radius 3 is 2.76 bits per heavy atom. The second-order valence-electron chi connectivity index (χ2n) is 10.5. The summed E-state index contributed by atoms with van der Waals surface area (Å²) in [5, 5.41) is 27.6. The number of aliphatic hydroxyl groups excluding tert-OH is 2. The monoisotopic (exact) mass is 555 g/mol. The van der Waals surface area contributed by atoms with Crippen molar-refractivity contribution < 1.29 is 23.8 Å². The molecule has 1 aromatic carbocycles. The van der Waals surface area contributed by atoms with E-state index < -0.39 is 29.1 Å². The molecule has 0 saturated heterocycles. The van der Waals surface area contributed by atoms with Gasteiger partial charge in [0.25, 0.3) is 0 Å². The Balaban J connectivity index is 1.28. The van der Waals surface area contributed by atoms with E-state index in [9.17, 15) is 23.8 Å². The van der Waals surface area contributed by atoms with Crippen molar-refractivity contribution in [3.05, 3.63) is 83.4 Å². The number of aliphatic hydroxyl groups is 2. The number of amides is 1. The number of fused-ring (bicyclic) bond motifs is 2. The van der Waals surface area contributed by atoms with Crippen LogP contribution >= 0.6 is 0 Å². The molecule has 3 unspecified atom stereocenters. The maximum Gasteiger partial charge on any atom is 0.229 e. The number of aromatic nitrogens is 5. The molecule has 3 aromatic heterocycles. The van der Waals surface area contributed by atoms with E-state index in [1.807, 2.05) is 6.07 Å². The number of nitrogens with one attached hydrogen (secondary N) is 2. The fourth-order valence-corrected chi connectivity index (χ4v) is 5.81. The zero-order valence-corrected chi connectivity index (χ0v) is 21.6. The van der Waals surface area contributed by atoms with Gasteiger partial charge in [0.15, 0.2) is 28.6 Å². The topological polar surface area (TPSA) is 138 Å². The average Bonchev–Trinajstić information content (AvgIpc) is 3.86. The molecule has 3 aliphatic rings. The fraction of sp³-hybridized carbons (Fsp3) is 0.276. The molecule has 0 aliphatic heterocycles. The number of halogens is 2. The van der Waals surface area contributed by atoms with E-state index in [1.165, 1.54) is 19.4 Å². The van der Waals surface area contributed by atoms with Crippen molar-refractivity contribution in [3.8, 4) is 11.8 Å². The van der Waals surface area contributed by atoms with Gasteiger partial charge < -0.3 is 20.8 Å². The van der Waals surface area contributed by atoms with Crippen LogP contribution in [0.5, 0.6) is 0 Å². The molecule has 0 spiro atoms. The van der Waals surface area contributed by atoms with Crippen molar-refractivity contribution in [1.82, 2.24) is 29.8 Å². The van der Waals surface area contributed by atoms with Crippen LogP contribution < -0.4 is 10.6 Å². The van der Waals surface area contributed by atoms with Crippen LogP contribution in [0.15, 0.2) is 54.7 Å². The van der Waals surface area contributed by atoms with Crippen molar-refractivity contribution >= 4 is 28.6 Å². The molecule has 7 rings (SSSR count). The SMILES string of the molecule is CNC(=O)C12CC1C(n1cnc3c(NC4C[C@H]4c4ccc(F)c(F)c4)nc(C#Cc4ccccn4)nc31)=C(O)[C@@H]2O. The maximum atomic E-state index is 13.8. The van der Waals surface area contributed by atoms with Gasteiger partial charge in [-0.2, -0.15) is 0 Å². The normalized spacial score (nSPS) is 25.9. The van der Waals surface area contributed by atoms with E-state index in [1.54, 1.807) is 29.0 Å². The highest BCUT2D eigenvalue weighted by molar-refractivity contribution is 5.94. The first-order valence-corrected chi connectivity index (χ1v) is 13.0. The first-order valence-electron chi connectivity index (χ1n) is 13.0. The highest BCUT2D eigenvalue weighted by Gasteiger charge is 2.72. The van der Waals surface area contributed by atoms with E-state index >= 15 is 0 Å². The number of benzene rings is 1. The Kier molecular flexibility index (Phi) is 5.55. The van der Waals surface area contributed by atoms with Crippen molar-refractivity contribution in [2.24, 2.45) is 11.3 Å². The average molecular weight is 556 g/mol. The fourth-order valence-electron chi connectivity index (χ4n) is 5.81. The number of allylic oxidation sites excluding steroid dienone is 1. The summed E-state index contributed by atoms with van der Waals surface area (Å²) in [5.74, 6) is 3.46. The van der Waals surface area contributed by atoms with Crippen LogP contribution in [-0.4, -0.2) is 59.8 Å². The molecule has 4 N–H and O–H groups in total. The molecule has 41 heavy (non-hydrogen) atoms. The standard InChI is InChI=1S/C29H23F2N7O3/c1-32-28(41)29-12-17(29)23(24(39)25(29)40)38-13-34-22-26(35-20-11-16(20)14-5-7-18(30)19(31)10-14)36-21(37-27(22)38)8-6-15-4-2-3-9-33-15/h2-5,7,9-10,13,16-17,20,25,39-40H,11-12H2,1H3,(H,32,41)(H,35,36,37)/t16-,17?,20?,25-,29?/m0/s1. The lowest BCUT2D eigenvalue weighted by atomic mass is 9.99. The third-order valence-electron chi connectivity index (χ3n) is 8.10. The van der Waals surface area contributed by atoms with Gasteiger partial charge in [-0.3, -0.25) is 9.36 Å². The van der Waals surface area contributed by atoms with Crippen molar-refractivity contribution in [3.63, 3.8) is 0 Å². The van der Waals surface area contributed by atoms with Crippen molar-refractivity contribution in [2.75, 3.05) is 12.4 Å². The van der Waals surface area contributed by atoms with Crippen LogP contribution in [0.2, 0.25) is 0 Å². The van der Waals surface area contributed by atoms with Crippen LogP contribution in [0.25, 0.3) is 16.9 Å². The second kappa shape index (κ2) is 9.07. The van der Waals surface area contributed by atoms with Gasteiger partial charge in [-0.15, -0.1) is 0 Å². The largest absolute Gasteiger partial charge is 0.508 e. The number of rotatable bonds is 5. The molecule has 2 saturated carbocycles. The van der Waals surface area contributed by atoms with E-state index in [0.29, 0.717) is 46.8 Å². The summed E-state index contributed by atoms with van der Waals surface area (Å²) in [4.78, 5) is 30.5. The smallest absolute Gasteiger partial charge is 0.229 e. The van der Waals surface area contributed by atoms with Gasteiger partial charge in [-0.25, -0.2) is 28.7 Å². The van der Waals surface area contributed by atoms with Gasteiger partial charge in [0.1, 0.15) is 23.9 Å². The van der Waals surface area contributed by atoms with E-state index in [2.05, 4.69) is 42.4 Å². The Morgan fingerprint density at radius 2 is 2.00 bits per heavy atom. The quantitative estimate of drug-likeness (QED) is 0.276. The van der Waals surface area contributed by atoms with Crippen molar-refractivity contribution in [1.29, 1.82) is 0 Å². The van der Waals surface area contributed by atoms with Crippen LogP contribution in [-0.2, 0) is 4.79 Å². The summed E-state index contributed by atoms with van der Waals surface area (Å²) >= 11 is 0. The molecule has 206 valence electrons. The summed E-state index contributed by atoms with van der Waals surface area (Å²) in [7, 11) is 1.49. The molecule has 0 bridgehead atoms. The zero-order valence-electron chi connectivity index (χ0n) is 21.6. The Morgan fingerprint density at radius 1 is 1.15 bits per heavy atom. The number of hydrogen-bond acceptors (Lipinski definition) is 8. The lowest BCUT2D eigenvalue weighted by Gasteiger charge is -2.16. The lowest BCUT2D eigenvalue weighted by Crippen LogP contribution is -2.37. The molecule has 12 heteroatoms. The van der Waals surface area contributed by atoms with Gasteiger partial charge in [0.05, 0.1) is 11.1 Å². The predicted octanol–water partition coefficient (Wildman–Crippen LogP) is 2.72. The highest BCUT2D eigenvalue weighted by Crippen LogP contribution is 2.66. The molecule has 3 aliphatic carbocycles. The van der Waals surface area contributed by atoms with Crippen LogP contribution in [0, 0.1) is 34.8 Å². The number of imidazole rings is 1. The molecular formula is C29H23F2N7O3. The van der Waals surface area contributed by atoms with Crippen molar-refractivity contribution in [2.45, 2.75) is 30.9 Å². The van der Waals surface area contributed by atoms with E-state index in [-0.39, 0.29) is 29.5 Å². The molecule has 5 atom stereocenters. The number of carbonyl (C=O) groups excluding carboxylic acids is 1. The van der Waals surface area contributed by atoms with Gasteiger partial charge in [0.2, 0.25) is 11.7 Å². The van der Waals surface area contributed by atoms with Crippen LogP contribution in [0.1, 0.15) is 35.8 Å². The molecule has 3 heterocycles. The Labute approximate surface area is 232 Å². The van der Waals surface area contributed by atoms with E-state index in [4.69, 9.17) is 0 Å². The summed E-state index contributed by atoms with van der Waals surface area (Å²) in [6, 6.07) is 9.09. The molecule has 2 fully saturated rings. The minimum Gasteiger partial charge on any atom is -0.508 e. The molecule has 0 radical (unpaired) electrons. The highest BCUT2D eigenvalue weighted by atomic mass is 19.2. The summed E-state index contributed by atoms with van der Waals surface area (Å²) < 4.78 is 28.8. The van der Waals surface area contributed by atoms with Crippen LogP contribution in [0.3, 0.4) is 0 Å². The van der Waals surface area contributed by atoms with Gasteiger partial charge in [0, 0.05) is 31.1 Å². The minimum absolute atomic E-state index is 0.0587. The zero-order chi connectivity index (χ0) is 28.5. The Hall–Kier alpha value is -4.89. The number of hydrogen-bond donors (Lipinski definition) is 4.